The molecule has 1 atom stereocenters. The Balaban J connectivity index is 2.13. The van der Waals surface area contributed by atoms with Crippen LogP contribution in [0.5, 0.6) is 0 Å². The first-order chi connectivity index (χ1) is 8.27. The number of aromatic nitrogens is 1. The lowest BCUT2D eigenvalue weighted by Gasteiger charge is -2.25. The van der Waals surface area contributed by atoms with E-state index in [0.29, 0.717) is 0 Å². The maximum Gasteiger partial charge on any atom is 0.101 e. The molecule has 1 N–H and O–H groups in total. The van der Waals surface area contributed by atoms with Crippen molar-refractivity contribution in [1.29, 1.82) is 0 Å². The summed E-state index contributed by atoms with van der Waals surface area (Å²) in [4.78, 5) is 6.50. The molecular weight excluding hydrogens is 210 g/mol. The van der Waals surface area contributed by atoms with Crippen LogP contribution < -0.4 is 10.2 Å². The second-order valence-electron chi connectivity index (χ2n) is 4.37. The Morgan fingerprint density at radius 1 is 1.18 bits per heavy atom. The molecule has 1 aromatic heterocycles. The fraction of sp³-hybridized carbons (Fsp3) is 0.214. The van der Waals surface area contributed by atoms with Gasteiger partial charge in [0.05, 0.1) is 17.6 Å². The van der Waals surface area contributed by atoms with Crippen molar-refractivity contribution in [1.82, 2.24) is 4.98 Å². The van der Waals surface area contributed by atoms with E-state index in [2.05, 4.69) is 53.3 Å². The van der Waals surface area contributed by atoms with Crippen molar-refractivity contribution < 1.29 is 0 Å². The van der Waals surface area contributed by atoms with Gasteiger partial charge in [-0.15, -0.1) is 0 Å². The third kappa shape index (κ3) is 1.55. The third-order valence-corrected chi connectivity index (χ3v) is 3.19. The topological polar surface area (TPSA) is 28.2 Å². The molecule has 17 heavy (non-hydrogen) atoms. The van der Waals surface area contributed by atoms with Crippen LogP contribution in [0, 0.1) is 6.92 Å². The molecule has 1 aliphatic rings. The molecular formula is C14H15N3. The average Bonchev–Trinajstić information content (AvgIpc) is 2.66. The van der Waals surface area contributed by atoms with E-state index in [0.717, 1.165) is 11.4 Å². The minimum atomic E-state index is 0.260. The van der Waals surface area contributed by atoms with Crippen molar-refractivity contribution in [3.05, 3.63) is 48.3 Å². The van der Waals surface area contributed by atoms with E-state index >= 15 is 0 Å². The van der Waals surface area contributed by atoms with Crippen LogP contribution in [-0.4, -0.2) is 11.1 Å². The Kier molecular flexibility index (Phi) is 2.25. The number of fused-ring (bicyclic) bond motifs is 1. The Morgan fingerprint density at radius 2 is 2.00 bits per heavy atom. The lowest BCUT2D eigenvalue weighted by Crippen LogP contribution is -2.28. The molecule has 0 amide bonds. The summed E-state index contributed by atoms with van der Waals surface area (Å²) in [6, 6.07) is 10.4. The average molecular weight is 225 g/mol. The van der Waals surface area contributed by atoms with Gasteiger partial charge < -0.3 is 10.2 Å². The van der Waals surface area contributed by atoms with Gasteiger partial charge in [-0.3, -0.25) is 4.98 Å². The van der Waals surface area contributed by atoms with Crippen LogP contribution >= 0.6 is 0 Å². The molecule has 2 aromatic rings. The highest BCUT2D eigenvalue weighted by Gasteiger charge is 2.27. The minimum Gasteiger partial charge on any atom is -0.363 e. The first kappa shape index (κ1) is 10.1. The van der Waals surface area contributed by atoms with Gasteiger partial charge in [0.15, 0.2) is 0 Å². The van der Waals surface area contributed by atoms with Crippen LogP contribution in [0.2, 0.25) is 0 Å². The number of rotatable bonds is 1. The van der Waals surface area contributed by atoms with Crippen molar-refractivity contribution in [2.24, 2.45) is 0 Å². The summed E-state index contributed by atoms with van der Waals surface area (Å²) in [5.74, 6) is 0. The predicted molar refractivity (Wildman–Crippen MR) is 70.6 cm³/mol. The molecule has 0 radical (unpaired) electrons. The van der Waals surface area contributed by atoms with Gasteiger partial charge in [0.2, 0.25) is 0 Å². The normalized spacial score (nSPS) is 17.8. The third-order valence-electron chi connectivity index (χ3n) is 3.19. The second kappa shape index (κ2) is 3.77. The highest BCUT2D eigenvalue weighted by molar-refractivity contribution is 5.82. The van der Waals surface area contributed by atoms with Crippen LogP contribution in [0.1, 0.15) is 12.5 Å². The summed E-state index contributed by atoms with van der Waals surface area (Å²) in [7, 11) is 0. The first-order valence-electron chi connectivity index (χ1n) is 5.83. The van der Waals surface area contributed by atoms with Gasteiger partial charge in [0, 0.05) is 11.9 Å². The quantitative estimate of drug-likeness (QED) is 0.807. The van der Waals surface area contributed by atoms with E-state index in [1.165, 1.54) is 11.3 Å². The molecule has 1 aliphatic heterocycles. The summed E-state index contributed by atoms with van der Waals surface area (Å²) < 4.78 is 0. The maximum absolute atomic E-state index is 4.21. The molecule has 1 aromatic carbocycles. The van der Waals surface area contributed by atoms with Crippen LogP contribution in [0.3, 0.4) is 0 Å². The number of aryl methyl sites for hydroxylation is 1. The summed E-state index contributed by atoms with van der Waals surface area (Å²) >= 11 is 0. The molecule has 3 heteroatoms. The van der Waals surface area contributed by atoms with Gasteiger partial charge in [0.25, 0.3) is 0 Å². The predicted octanol–water partition coefficient (Wildman–Crippen LogP) is 3.30. The van der Waals surface area contributed by atoms with Crippen molar-refractivity contribution >= 4 is 17.1 Å². The number of anilines is 3. The molecule has 1 unspecified atom stereocenters. The summed E-state index contributed by atoms with van der Waals surface area (Å²) in [5, 5.41) is 3.46. The van der Waals surface area contributed by atoms with Crippen molar-refractivity contribution in [3.8, 4) is 0 Å². The van der Waals surface area contributed by atoms with E-state index < -0.39 is 0 Å². The summed E-state index contributed by atoms with van der Waals surface area (Å²) in [6.45, 7) is 4.29. The maximum atomic E-state index is 4.21. The van der Waals surface area contributed by atoms with Crippen LogP contribution in [0.25, 0.3) is 0 Å². The molecule has 86 valence electrons. The standard InChI is InChI=1S/C14H15N3/c1-10-5-3-4-6-13(10)17-11(2)16-12-7-8-15-9-14(12)17/h3-9,11,16H,1-2H3. The smallest absolute Gasteiger partial charge is 0.101 e. The molecule has 0 aliphatic carbocycles. The van der Waals surface area contributed by atoms with Crippen molar-refractivity contribution in [2.75, 3.05) is 10.2 Å². The molecule has 0 spiro atoms. The fourth-order valence-electron chi connectivity index (χ4n) is 2.37. The number of nitrogens with zero attached hydrogens (tertiary/aromatic N) is 2. The summed E-state index contributed by atoms with van der Waals surface area (Å²) in [5.41, 5.74) is 4.81. The Labute approximate surface area is 101 Å². The molecule has 0 fully saturated rings. The van der Waals surface area contributed by atoms with Gasteiger partial charge in [-0.05, 0) is 31.5 Å². The highest BCUT2D eigenvalue weighted by Crippen LogP contribution is 2.39. The largest absolute Gasteiger partial charge is 0.363 e. The second-order valence-corrected chi connectivity index (χ2v) is 4.37. The van der Waals surface area contributed by atoms with Gasteiger partial charge in [-0.1, -0.05) is 18.2 Å². The summed E-state index contributed by atoms with van der Waals surface area (Å²) in [6.07, 6.45) is 3.99. The molecule has 0 saturated heterocycles. The van der Waals surface area contributed by atoms with E-state index in [9.17, 15) is 0 Å². The number of hydrogen-bond donors (Lipinski definition) is 1. The Hall–Kier alpha value is -2.03. The van der Waals surface area contributed by atoms with Crippen molar-refractivity contribution in [2.45, 2.75) is 20.0 Å². The van der Waals surface area contributed by atoms with Gasteiger partial charge in [-0.2, -0.15) is 0 Å². The SMILES string of the molecule is Cc1ccccc1N1c2cnccc2NC1C. The van der Waals surface area contributed by atoms with Gasteiger partial charge in [-0.25, -0.2) is 0 Å². The lowest BCUT2D eigenvalue weighted by molar-refractivity contribution is 0.839. The van der Waals surface area contributed by atoms with Crippen LogP contribution in [0.4, 0.5) is 17.1 Å². The monoisotopic (exact) mass is 225 g/mol. The number of pyridine rings is 1. The number of para-hydroxylation sites is 1. The molecule has 3 rings (SSSR count). The molecule has 0 saturated carbocycles. The van der Waals surface area contributed by atoms with E-state index in [4.69, 9.17) is 0 Å². The van der Waals surface area contributed by atoms with Gasteiger partial charge in [0.1, 0.15) is 6.17 Å². The first-order valence-corrected chi connectivity index (χ1v) is 5.83. The molecule has 2 heterocycles. The van der Waals surface area contributed by atoms with Crippen molar-refractivity contribution in [3.63, 3.8) is 0 Å². The lowest BCUT2D eigenvalue weighted by atomic mass is 10.1. The minimum absolute atomic E-state index is 0.260. The van der Waals surface area contributed by atoms with E-state index in [-0.39, 0.29) is 6.17 Å². The van der Waals surface area contributed by atoms with Gasteiger partial charge >= 0.3 is 0 Å². The zero-order valence-electron chi connectivity index (χ0n) is 10.0. The number of hydrogen-bond acceptors (Lipinski definition) is 3. The number of nitrogens with one attached hydrogen (secondary N) is 1. The fourth-order valence-corrected chi connectivity index (χ4v) is 2.37. The molecule has 0 bridgehead atoms. The number of benzene rings is 1. The highest BCUT2D eigenvalue weighted by atomic mass is 15.3. The molecule has 3 nitrogen and oxygen atoms in total. The Bertz CT molecular complexity index is 551. The zero-order chi connectivity index (χ0) is 11.8. The van der Waals surface area contributed by atoms with E-state index in [1.807, 2.05) is 18.5 Å². The zero-order valence-corrected chi connectivity index (χ0v) is 10.0. The Morgan fingerprint density at radius 3 is 2.82 bits per heavy atom. The van der Waals surface area contributed by atoms with Crippen LogP contribution in [-0.2, 0) is 0 Å². The van der Waals surface area contributed by atoms with Crippen LogP contribution in [0.15, 0.2) is 42.7 Å². The van der Waals surface area contributed by atoms with E-state index in [1.54, 1.807) is 0 Å².